The number of halogens is 2. The topological polar surface area (TPSA) is 57.6 Å². The smallest absolute Gasteiger partial charge is 0.327 e. The largest absolute Gasteiger partial charge is 0.480 e. The second-order valence-electron chi connectivity index (χ2n) is 5.25. The first-order valence-corrected chi connectivity index (χ1v) is 8.65. The Morgan fingerprint density at radius 1 is 1.35 bits per heavy atom. The van der Waals surface area contributed by atoms with Crippen LogP contribution in [0.4, 0.5) is 0 Å². The molecule has 0 spiro atoms. The summed E-state index contributed by atoms with van der Waals surface area (Å²) in [5.41, 5.74) is 0.691. The summed E-state index contributed by atoms with van der Waals surface area (Å²) in [7, 11) is 0. The molecule has 0 bridgehead atoms. The van der Waals surface area contributed by atoms with Gasteiger partial charge in [-0.25, -0.2) is 4.79 Å². The summed E-state index contributed by atoms with van der Waals surface area (Å²) in [4.78, 5) is 25.5. The fourth-order valence-corrected chi connectivity index (χ4v) is 3.80. The third kappa shape index (κ3) is 3.88. The zero-order chi connectivity index (χ0) is 17.3. The van der Waals surface area contributed by atoms with Gasteiger partial charge in [-0.2, -0.15) is 0 Å². The minimum atomic E-state index is -1.08. The number of benzene rings is 1. The van der Waals surface area contributed by atoms with Gasteiger partial charge in [0.05, 0.1) is 15.0 Å². The van der Waals surface area contributed by atoms with E-state index >= 15 is 0 Å². The molecule has 1 heterocycles. The minimum absolute atomic E-state index is 0.238. The number of rotatable bonds is 4. The van der Waals surface area contributed by atoms with Crippen LogP contribution in [0.1, 0.15) is 19.4 Å². The SMILES string of the molecule is CC(C)[C@H](C(=O)O)N1C(=O)/C(=C\c2ccc(Cl)c(Cl)c2)SC1=S. The van der Waals surface area contributed by atoms with Crippen molar-refractivity contribution in [3.8, 4) is 0 Å². The van der Waals surface area contributed by atoms with Crippen molar-refractivity contribution >= 4 is 69.5 Å². The summed E-state index contributed by atoms with van der Waals surface area (Å²) in [6.07, 6.45) is 1.63. The van der Waals surface area contributed by atoms with E-state index in [4.69, 9.17) is 35.4 Å². The number of carbonyl (C=O) groups is 2. The van der Waals surface area contributed by atoms with E-state index in [1.807, 2.05) is 0 Å². The molecule has 1 aromatic rings. The van der Waals surface area contributed by atoms with E-state index < -0.39 is 17.9 Å². The number of carboxylic acids is 1. The van der Waals surface area contributed by atoms with Crippen LogP contribution in [0.5, 0.6) is 0 Å². The Bertz CT molecular complexity index is 719. The Kier molecular flexibility index (Phi) is 5.73. The summed E-state index contributed by atoms with van der Waals surface area (Å²) >= 11 is 18.1. The lowest BCUT2D eigenvalue weighted by atomic mass is 10.0. The molecule has 0 aliphatic carbocycles. The molecule has 8 heteroatoms. The summed E-state index contributed by atoms with van der Waals surface area (Å²) in [6.45, 7) is 3.47. The van der Waals surface area contributed by atoms with Crippen molar-refractivity contribution in [3.05, 3.63) is 38.7 Å². The van der Waals surface area contributed by atoms with Crippen LogP contribution >= 0.6 is 47.2 Å². The van der Waals surface area contributed by atoms with Crippen LogP contribution in [-0.4, -0.2) is 32.2 Å². The Hall–Kier alpha value is -1.08. The van der Waals surface area contributed by atoms with E-state index in [1.165, 1.54) is 0 Å². The number of thiocarbonyl (C=S) groups is 1. The second kappa shape index (κ2) is 7.21. The summed E-state index contributed by atoms with van der Waals surface area (Å²) < 4.78 is 0.238. The van der Waals surface area contributed by atoms with Crippen molar-refractivity contribution in [1.29, 1.82) is 0 Å². The van der Waals surface area contributed by atoms with Gasteiger partial charge in [0.1, 0.15) is 10.4 Å². The molecule has 1 fully saturated rings. The number of aliphatic carboxylic acids is 1. The highest BCUT2D eigenvalue weighted by Crippen LogP contribution is 2.36. The van der Waals surface area contributed by atoms with Crippen molar-refractivity contribution in [2.75, 3.05) is 0 Å². The molecule has 1 aromatic carbocycles. The standard InChI is InChI=1S/C15H13Cl2NO3S2/c1-7(2)12(14(20)21)18-13(19)11(23-15(18)22)6-8-3-4-9(16)10(17)5-8/h3-7,12H,1-2H3,(H,20,21)/b11-6+/t12-/m1/s1. The summed E-state index contributed by atoms with van der Waals surface area (Å²) in [5, 5.41) is 10.2. The predicted octanol–water partition coefficient (Wildman–Crippen LogP) is 4.30. The summed E-state index contributed by atoms with van der Waals surface area (Å²) in [6, 6.07) is 4.00. The average molecular weight is 390 g/mol. The van der Waals surface area contributed by atoms with Gasteiger partial charge >= 0.3 is 5.97 Å². The number of amides is 1. The highest BCUT2D eigenvalue weighted by atomic mass is 35.5. The molecule has 1 atom stereocenters. The van der Waals surface area contributed by atoms with Crippen LogP contribution in [0, 0.1) is 5.92 Å². The Labute approximate surface area is 153 Å². The molecule has 1 N–H and O–H groups in total. The Balaban J connectivity index is 2.35. The minimum Gasteiger partial charge on any atom is -0.480 e. The molecule has 1 saturated heterocycles. The van der Waals surface area contributed by atoms with Crippen LogP contribution in [0.3, 0.4) is 0 Å². The third-order valence-corrected chi connectivity index (χ3v) is 5.30. The first kappa shape index (κ1) is 18.3. The van der Waals surface area contributed by atoms with Crippen molar-refractivity contribution < 1.29 is 14.7 Å². The second-order valence-corrected chi connectivity index (χ2v) is 7.74. The average Bonchev–Trinajstić information content (AvgIpc) is 2.70. The van der Waals surface area contributed by atoms with E-state index in [0.29, 0.717) is 20.5 Å². The third-order valence-electron chi connectivity index (χ3n) is 3.23. The molecule has 1 aliphatic heterocycles. The van der Waals surface area contributed by atoms with Gasteiger partial charge in [0.2, 0.25) is 0 Å². The molecule has 0 saturated carbocycles. The number of carboxylic acid groups (broad SMARTS) is 1. The van der Waals surface area contributed by atoms with Gasteiger partial charge in [-0.05, 0) is 29.7 Å². The van der Waals surface area contributed by atoms with Crippen molar-refractivity contribution in [2.45, 2.75) is 19.9 Å². The fourth-order valence-electron chi connectivity index (χ4n) is 2.17. The van der Waals surface area contributed by atoms with Gasteiger partial charge in [0.15, 0.2) is 0 Å². The molecule has 0 unspecified atom stereocenters. The number of hydrogen-bond donors (Lipinski definition) is 1. The normalized spacial score (nSPS) is 18.1. The van der Waals surface area contributed by atoms with Crippen molar-refractivity contribution in [3.63, 3.8) is 0 Å². The Morgan fingerprint density at radius 2 is 2.00 bits per heavy atom. The van der Waals surface area contributed by atoms with E-state index in [9.17, 15) is 14.7 Å². The number of thioether (sulfide) groups is 1. The van der Waals surface area contributed by atoms with E-state index in [1.54, 1.807) is 38.1 Å². The molecule has 0 radical (unpaired) electrons. The van der Waals surface area contributed by atoms with Gasteiger partial charge in [-0.15, -0.1) is 0 Å². The van der Waals surface area contributed by atoms with Crippen LogP contribution in [0.15, 0.2) is 23.1 Å². The maximum absolute atomic E-state index is 12.5. The lowest BCUT2D eigenvalue weighted by molar-refractivity contribution is -0.146. The molecule has 23 heavy (non-hydrogen) atoms. The predicted molar refractivity (Wildman–Crippen MR) is 97.7 cm³/mol. The van der Waals surface area contributed by atoms with Gasteiger partial charge in [0.25, 0.3) is 5.91 Å². The van der Waals surface area contributed by atoms with Gasteiger partial charge < -0.3 is 5.11 Å². The maximum atomic E-state index is 12.5. The molecule has 1 amide bonds. The highest BCUT2D eigenvalue weighted by Gasteiger charge is 2.41. The number of carbonyl (C=O) groups excluding carboxylic acids is 1. The zero-order valence-corrected chi connectivity index (χ0v) is 15.4. The zero-order valence-electron chi connectivity index (χ0n) is 12.2. The fraction of sp³-hybridized carbons (Fsp3) is 0.267. The quantitative estimate of drug-likeness (QED) is 0.614. The van der Waals surface area contributed by atoms with Crippen LogP contribution < -0.4 is 0 Å². The lowest BCUT2D eigenvalue weighted by Crippen LogP contribution is -2.47. The highest BCUT2D eigenvalue weighted by molar-refractivity contribution is 8.26. The molecule has 122 valence electrons. The first-order chi connectivity index (χ1) is 10.7. The van der Waals surface area contributed by atoms with Crippen molar-refractivity contribution in [1.82, 2.24) is 4.90 Å². The monoisotopic (exact) mass is 389 g/mol. The molecular formula is C15H13Cl2NO3S2. The molecule has 4 nitrogen and oxygen atoms in total. The van der Waals surface area contributed by atoms with E-state index in [0.717, 1.165) is 16.7 Å². The van der Waals surface area contributed by atoms with Gasteiger partial charge in [-0.3, -0.25) is 9.69 Å². The molecule has 2 rings (SSSR count). The van der Waals surface area contributed by atoms with E-state index in [2.05, 4.69) is 0 Å². The van der Waals surface area contributed by atoms with Crippen LogP contribution in [0.25, 0.3) is 6.08 Å². The lowest BCUT2D eigenvalue weighted by Gasteiger charge is -2.26. The number of hydrogen-bond acceptors (Lipinski definition) is 4. The number of nitrogens with zero attached hydrogens (tertiary/aromatic N) is 1. The van der Waals surface area contributed by atoms with Crippen LogP contribution in [0.2, 0.25) is 10.0 Å². The molecule has 0 aromatic heterocycles. The van der Waals surface area contributed by atoms with Crippen molar-refractivity contribution in [2.24, 2.45) is 5.92 Å². The van der Waals surface area contributed by atoms with Gasteiger partial charge in [-0.1, -0.05) is 67.1 Å². The molecular weight excluding hydrogens is 377 g/mol. The maximum Gasteiger partial charge on any atom is 0.327 e. The van der Waals surface area contributed by atoms with Gasteiger partial charge in [0, 0.05) is 0 Å². The summed E-state index contributed by atoms with van der Waals surface area (Å²) in [5.74, 6) is -1.75. The van der Waals surface area contributed by atoms with E-state index in [-0.39, 0.29) is 10.2 Å². The van der Waals surface area contributed by atoms with Crippen LogP contribution in [-0.2, 0) is 9.59 Å². The Morgan fingerprint density at radius 3 is 2.52 bits per heavy atom. The molecule has 1 aliphatic rings. The first-order valence-electron chi connectivity index (χ1n) is 6.67.